The molecule has 0 spiro atoms. The Morgan fingerprint density at radius 3 is 2.40 bits per heavy atom. The predicted octanol–water partition coefficient (Wildman–Crippen LogP) is 3.05. The molecule has 108 valence electrons. The molecular formula is C17H24N2O. The molecular weight excluding hydrogens is 248 g/mol. The molecule has 0 aromatic heterocycles. The third-order valence-corrected chi connectivity index (χ3v) is 4.93. The third kappa shape index (κ3) is 2.41. The first-order chi connectivity index (χ1) is 9.58. The van der Waals surface area contributed by atoms with E-state index in [-0.39, 0.29) is 6.04 Å². The fourth-order valence-electron chi connectivity index (χ4n) is 3.71. The molecule has 2 unspecified atom stereocenters. The highest BCUT2D eigenvalue weighted by molar-refractivity contribution is 5.82. The minimum atomic E-state index is 0.251. The maximum atomic E-state index is 12.7. The largest absolute Gasteiger partial charge is 0.399 e. The van der Waals surface area contributed by atoms with Crippen molar-refractivity contribution in [3.8, 4) is 0 Å². The van der Waals surface area contributed by atoms with Gasteiger partial charge in [-0.3, -0.25) is 4.79 Å². The number of benzene rings is 1. The van der Waals surface area contributed by atoms with Crippen LogP contribution in [0.5, 0.6) is 0 Å². The molecule has 2 saturated carbocycles. The topological polar surface area (TPSA) is 46.3 Å². The summed E-state index contributed by atoms with van der Waals surface area (Å²) in [5, 5.41) is 0. The number of anilines is 1. The zero-order valence-electron chi connectivity index (χ0n) is 12.4. The van der Waals surface area contributed by atoms with Gasteiger partial charge in [0, 0.05) is 24.2 Å². The Bertz CT molecular complexity index is 484. The van der Waals surface area contributed by atoms with Crippen molar-refractivity contribution in [3.05, 3.63) is 29.8 Å². The van der Waals surface area contributed by atoms with Gasteiger partial charge in [-0.25, -0.2) is 0 Å². The first kappa shape index (κ1) is 13.5. The second-order valence-corrected chi connectivity index (χ2v) is 6.59. The van der Waals surface area contributed by atoms with Crippen molar-refractivity contribution >= 4 is 11.6 Å². The Hall–Kier alpha value is -1.51. The number of carbonyl (C=O) groups is 1. The van der Waals surface area contributed by atoms with E-state index in [0.717, 1.165) is 11.3 Å². The zero-order chi connectivity index (χ0) is 14.3. The number of fused-ring (bicyclic) bond motifs is 1. The van der Waals surface area contributed by atoms with Crippen LogP contribution >= 0.6 is 0 Å². The molecule has 0 saturated heterocycles. The normalized spacial score (nSPS) is 27.4. The monoisotopic (exact) mass is 272 g/mol. The van der Waals surface area contributed by atoms with E-state index in [1.54, 1.807) is 0 Å². The summed E-state index contributed by atoms with van der Waals surface area (Å²) in [6, 6.07) is 8.10. The Morgan fingerprint density at radius 2 is 1.85 bits per heavy atom. The molecule has 2 fully saturated rings. The first-order valence-corrected chi connectivity index (χ1v) is 7.73. The summed E-state index contributed by atoms with van der Waals surface area (Å²) in [6.45, 7) is 4.91. The number of nitrogen functional groups attached to an aromatic ring is 1. The van der Waals surface area contributed by atoms with Crippen LogP contribution in [0.3, 0.4) is 0 Å². The average Bonchev–Trinajstić information content (AvgIpc) is 2.90. The van der Waals surface area contributed by atoms with Gasteiger partial charge in [-0.1, -0.05) is 18.6 Å². The minimum absolute atomic E-state index is 0.251. The Labute approximate surface area is 121 Å². The smallest absolute Gasteiger partial charge is 0.226 e. The van der Waals surface area contributed by atoms with Gasteiger partial charge >= 0.3 is 0 Å². The molecule has 2 aliphatic carbocycles. The van der Waals surface area contributed by atoms with E-state index in [1.165, 1.54) is 19.3 Å². The van der Waals surface area contributed by atoms with Crippen molar-refractivity contribution in [2.75, 3.05) is 5.73 Å². The maximum Gasteiger partial charge on any atom is 0.226 e. The second kappa shape index (κ2) is 5.12. The lowest BCUT2D eigenvalue weighted by Crippen LogP contribution is -2.38. The quantitative estimate of drug-likeness (QED) is 0.856. The molecule has 2 aliphatic rings. The fourth-order valence-corrected chi connectivity index (χ4v) is 3.71. The molecule has 0 radical (unpaired) electrons. The van der Waals surface area contributed by atoms with E-state index in [4.69, 9.17) is 5.73 Å². The number of carbonyl (C=O) groups excluding carboxylic acids is 1. The maximum absolute atomic E-state index is 12.7. The third-order valence-electron chi connectivity index (χ3n) is 4.93. The summed E-state index contributed by atoms with van der Waals surface area (Å²) < 4.78 is 0. The molecule has 2 N–H and O–H groups in total. The molecule has 1 aromatic rings. The lowest BCUT2D eigenvalue weighted by molar-refractivity contribution is -0.135. The van der Waals surface area contributed by atoms with Gasteiger partial charge in [-0.05, 0) is 56.2 Å². The summed E-state index contributed by atoms with van der Waals surface area (Å²) in [5.41, 5.74) is 7.65. The molecule has 0 aliphatic heterocycles. The summed E-state index contributed by atoms with van der Waals surface area (Å²) in [7, 11) is 0. The summed E-state index contributed by atoms with van der Waals surface area (Å²) in [6.07, 6.45) is 3.84. The predicted molar refractivity (Wildman–Crippen MR) is 80.9 cm³/mol. The van der Waals surface area contributed by atoms with Gasteiger partial charge in [-0.2, -0.15) is 0 Å². The highest BCUT2D eigenvalue weighted by atomic mass is 16.2. The molecule has 1 aromatic carbocycles. The van der Waals surface area contributed by atoms with E-state index in [1.807, 2.05) is 29.2 Å². The Balaban J connectivity index is 1.69. The molecule has 3 rings (SSSR count). The highest BCUT2D eigenvalue weighted by Gasteiger charge is 2.57. The van der Waals surface area contributed by atoms with Crippen LogP contribution in [-0.2, 0) is 11.3 Å². The van der Waals surface area contributed by atoms with Gasteiger partial charge in [0.25, 0.3) is 0 Å². The van der Waals surface area contributed by atoms with Gasteiger partial charge in [0.2, 0.25) is 5.91 Å². The standard InChI is InChI=1S/C17H24N2O/c1-11(2)19(10-12-6-8-13(18)9-7-12)17(20)16-14-4-3-5-15(14)16/h6-9,11,14-16H,3-5,10,18H2,1-2H3. The number of hydrogen-bond acceptors (Lipinski definition) is 2. The van der Waals surface area contributed by atoms with Crippen molar-refractivity contribution in [2.45, 2.75) is 45.7 Å². The van der Waals surface area contributed by atoms with Crippen LogP contribution in [0.25, 0.3) is 0 Å². The number of amides is 1. The lowest BCUT2D eigenvalue weighted by atomic mass is 10.1. The molecule has 1 amide bonds. The Kier molecular flexibility index (Phi) is 3.45. The number of hydrogen-bond donors (Lipinski definition) is 1. The van der Waals surface area contributed by atoms with Crippen LogP contribution in [0.1, 0.15) is 38.7 Å². The minimum Gasteiger partial charge on any atom is -0.399 e. The molecule has 2 atom stereocenters. The highest BCUT2D eigenvalue weighted by Crippen LogP contribution is 2.58. The second-order valence-electron chi connectivity index (χ2n) is 6.59. The fraction of sp³-hybridized carbons (Fsp3) is 0.588. The van der Waals surface area contributed by atoms with Crippen LogP contribution in [-0.4, -0.2) is 16.8 Å². The van der Waals surface area contributed by atoms with Gasteiger partial charge in [0.15, 0.2) is 0 Å². The van der Waals surface area contributed by atoms with Crippen molar-refractivity contribution in [1.29, 1.82) is 0 Å². The summed E-state index contributed by atoms with van der Waals surface area (Å²) in [4.78, 5) is 14.8. The number of nitrogens with zero attached hydrogens (tertiary/aromatic N) is 1. The SMILES string of the molecule is CC(C)N(Cc1ccc(N)cc1)C(=O)C1C2CCCC21. The molecule has 3 nitrogen and oxygen atoms in total. The number of nitrogens with two attached hydrogens (primary N) is 1. The van der Waals surface area contributed by atoms with E-state index < -0.39 is 0 Å². The van der Waals surface area contributed by atoms with Gasteiger partial charge in [0.1, 0.15) is 0 Å². The van der Waals surface area contributed by atoms with Crippen LogP contribution < -0.4 is 5.73 Å². The first-order valence-electron chi connectivity index (χ1n) is 7.73. The van der Waals surface area contributed by atoms with E-state index in [2.05, 4.69) is 13.8 Å². The lowest BCUT2D eigenvalue weighted by Gasteiger charge is -2.28. The molecule has 0 heterocycles. The average molecular weight is 272 g/mol. The van der Waals surface area contributed by atoms with Gasteiger partial charge in [-0.15, -0.1) is 0 Å². The number of rotatable bonds is 4. The molecule has 0 bridgehead atoms. The van der Waals surface area contributed by atoms with Crippen molar-refractivity contribution in [1.82, 2.24) is 4.90 Å². The molecule has 3 heteroatoms. The van der Waals surface area contributed by atoms with Crippen molar-refractivity contribution < 1.29 is 4.79 Å². The van der Waals surface area contributed by atoms with Crippen LogP contribution in [0.4, 0.5) is 5.69 Å². The van der Waals surface area contributed by atoms with E-state index in [9.17, 15) is 4.79 Å². The van der Waals surface area contributed by atoms with E-state index >= 15 is 0 Å². The van der Waals surface area contributed by atoms with Crippen molar-refractivity contribution in [2.24, 2.45) is 17.8 Å². The molecule has 20 heavy (non-hydrogen) atoms. The zero-order valence-corrected chi connectivity index (χ0v) is 12.4. The van der Waals surface area contributed by atoms with Crippen molar-refractivity contribution in [3.63, 3.8) is 0 Å². The van der Waals surface area contributed by atoms with Crippen LogP contribution in [0, 0.1) is 17.8 Å². The van der Waals surface area contributed by atoms with E-state index in [0.29, 0.717) is 30.2 Å². The van der Waals surface area contributed by atoms with Gasteiger partial charge < -0.3 is 10.6 Å². The van der Waals surface area contributed by atoms with Crippen LogP contribution in [0.2, 0.25) is 0 Å². The summed E-state index contributed by atoms with van der Waals surface area (Å²) in [5.74, 6) is 2.07. The van der Waals surface area contributed by atoms with Crippen LogP contribution in [0.15, 0.2) is 24.3 Å². The van der Waals surface area contributed by atoms with Gasteiger partial charge in [0.05, 0.1) is 0 Å². The summed E-state index contributed by atoms with van der Waals surface area (Å²) >= 11 is 0. The Morgan fingerprint density at radius 1 is 1.25 bits per heavy atom.